The summed E-state index contributed by atoms with van der Waals surface area (Å²) in [5, 5.41) is 11.3. The van der Waals surface area contributed by atoms with Crippen molar-refractivity contribution in [3.8, 4) is 17.4 Å². The van der Waals surface area contributed by atoms with E-state index in [1.54, 1.807) is 31.4 Å². The Balaban J connectivity index is 1.60. The Labute approximate surface area is 148 Å². The number of amides is 1. The largest absolute Gasteiger partial charge is 0.493 e. The summed E-state index contributed by atoms with van der Waals surface area (Å²) >= 11 is 0. The Hall–Kier alpha value is -3.61. The number of carbonyl (C=O) groups is 1. The van der Waals surface area contributed by atoms with Gasteiger partial charge in [-0.1, -0.05) is 35.4 Å². The van der Waals surface area contributed by atoms with Crippen LogP contribution in [0, 0.1) is 6.92 Å². The number of benzene rings is 2. The average Bonchev–Trinajstić information content (AvgIpc) is 3.28. The van der Waals surface area contributed by atoms with Crippen molar-refractivity contribution in [3.63, 3.8) is 0 Å². The van der Waals surface area contributed by atoms with Gasteiger partial charge in [0.15, 0.2) is 17.1 Å². The van der Waals surface area contributed by atoms with Gasteiger partial charge in [0.25, 0.3) is 11.8 Å². The highest BCUT2D eigenvalue weighted by Gasteiger charge is 2.17. The first kappa shape index (κ1) is 15.9. The van der Waals surface area contributed by atoms with Crippen LogP contribution in [0.5, 0.6) is 5.75 Å². The predicted octanol–water partition coefficient (Wildman–Crippen LogP) is 4.05. The molecule has 1 amide bonds. The van der Waals surface area contributed by atoms with Gasteiger partial charge in [0.1, 0.15) is 0 Å². The Morgan fingerprint density at radius 2 is 1.92 bits per heavy atom. The van der Waals surface area contributed by atoms with Gasteiger partial charge in [0.2, 0.25) is 0 Å². The molecule has 0 unspecified atom stereocenters. The molecule has 0 bridgehead atoms. The Kier molecular flexibility index (Phi) is 3.89. The molecule has 7 heteroatoms. The topological polar surface area (TPSA) is 90.4 Å². The van der Waals surface area contributed by atoms with Crippen LogP contribution in [0.1, 0.15) is 15.9 Å². The van der Waals surface area contributed by atoms with Crippen molar-refractivity contribution in [2.45, 2.75) is 6.92 Å². The zero-order valence-electron chi connectivity index (χ0n) is 14.1. The molecule has 2 aromatic carbocycles. The van der Waals surface area contributed by atoms with Crippen molar-refractivity contribution >= 4 is 22.9 Å². The van der Waals surface area contributed by atoms with E-state index in [2.05, 4.69) is 15.5 Å². The number of nitrogens with one attached hydrogen (secondary N) is 1. The number of nitrogens with zero attached hydrogens (tertiary/aromatic N) is 2. The molecular weight excluding hydrogens is 334 g/mol. The smallest absolute Gasteiger partial charge is 0.322 e. The van der Waals surface area contributed by atoms with Gasteiger partial charge in [0, 0.05) is 10.9 Å². The highest BCUT2D eigenvalue weighted by atomic mass is 16.5. The van der Waals surface area contributed by atoms with E-state index in [4.69, 9.17) is 13.6 Å². The second-order valence-electron chi connectivity index (χ2n) is 5.67. The first-order chi connectivity index (χ1) is 12.7. The summed E-state index contributed by atoms with van der Waals surface area (Å²) in [6, 6.07) is 14.6. The van der Waals surface area contributed by atoms with Crippen molar-refractivity contribution in [3.05, 3.63) is 59.7 Å². The zero-order chi connectivity index (χ0) is 18.1. The molecule has 4 aromatic rings. The lowest BCUT2D eigenvalue weighted by molar-refractivity contribution is 0.102. The Bertz CT molecular complexity index is 1100. The third-order valence-corrected chi connectivity index (χ3v) is 3.97. The fraction of sp³-hybridized carbons (Fsp3) is 0.105. The number of para-hydroxylation sites is 1. The summed E-state index contributed by atoms with van der Waals surface area (Å²) in [6.45, 7) is 1.86. The van der Waals surface area contributed by atoms with Crippen molar-refractivity contribution in [2.75, 3.05) is 12.4 Å². The van der Waals surface area contributed by atoms with E-state index in [1.165, 1.54) is 0 Å². The molecule has 0 saturated heterocycles. The molecular formula is C19H15N3O4. The fourth-order valence-electron chi connectivity index (χ4n) is 2.67. The van der Waals surface area contributed by atoms with E-state index in [1.807, 2.05) is 31.2 Å². The molecule has 1 N–H and O–H groups in total. The number of anilines is 1. The van der Waals surface area contributed by atoms with Crippen LogP contribution in [0.3, 0.4) is 0 Å². The summed E-state index contributed by atoms with van der Waals surface area (Å²) in [5.74, 6) is 0.864. The SMILES string of the molecule is COc1cccc2cc(-c3nnc(NC(=O)c4ccccc4C)o3)oc12. The molecule has 26 heavy (non-hydrogen) atoms. The maximum absolute atomic E-state index is 12.3. The molecule has 0 atom stereocenters. The molecule has 0 aliphatic rings. The van der Waals surface area contributed by atoms with Crippen molar-refractivity contribution in [2.24, 2.45) is 0 Å². The van der Waals surface area contributed by atoms with E-state index in [0.29, 0.717) is 22.7 Å². The summed E-state index contributed by atoms with van der Waals surface area (Å²) in [5.41, 5.74) is 1.99. The number of methoxy groups -OCH3 is 1. The molecule has 0 fully saturated rings. The zero-order valence-corrected chi connectivity index (χ0v) is 14.1. The van der Waals surface area contributed by atoms with Gasteiger partial charge in [-0.25, -0.2) is 0 Å². The monoisotopic (exact) mass is 349 g/mol. The molecule has 130 valence electrons. The van der Waals surface area contributed by atoms with Gasteiger partial charge in [-0.05, 0) is 30.7 Å². The normalized spacial score (nSPS) is 10.8. The lowest BCUT2D eigenvalue weighted by Gasteiger charge is -2.03. The molecule has 7 nitrogen and oxygen atoms in total. The number of carbonyl (C=O) groups excluding carboxylic acids is 1. The van der Waals surface area contributed by atoms with Gasteiger partial charge >= 0.3 is 6.01 Å². The van der Waals surface area contributed by atoms with Gasteiger partial charge in [-0.15, -0.1) is 5.10 Å². The number of rotatable bonds is 4. The van der Waals surface area contributed by atoms with Crippen LogP contribution in [-0.2, 0) is 0 Å². The van der Waals surface area contributed by atoms with Crippen molar-refractivity contribution in [1.82, 2.24) is 10.2 Å². The predicted molar refractivity (Wildman–Crippen MR) is 95.2 cm³/mol. The van der Waals surface area contributed by atoms with E-state index in [9.17, 15) is 4.79 Å². The number of hydrogen-bond acceptors (Lipinski definition) is 6. The quantitative estimate of drug-likeness (QED) is 0.598. The summed E-state index contributed by atoms with van der Waals surface area (Å²) < 4.78 is 16.6. The maximum atomic E-state index is 12.3. The third-order valence-electron chi connectivity index (χ3n) is 3.97. The first-order valence-electron chi connectivity index (χ1n) is 7.93. The van der Waals surface area contributed by atoms with Crippen LogP contribution in [0.15, 0.2) is 57.4 Å². The van der Waals surface area contributed by atoms with Crippen molar-refractivity contribution < 1.29 is 18.4 Å². The summed E-state index contributed by atoms with van der Waals surface area (Å²) in [7, 11) is 1.57. The van der Waals surface area contributed by atoms with Gasteiger partial charge in [0.05, 0.1) is 7.11 Å². The van der Waals surface area contributed by atoms with Crippen molar-refractivity contribution in [1.29, 1.82) is 0 Å². The second kappa shape index (κ2) is 6.36. The maximum Gasteiger partial charge on any atom is 0.322 e. The first-order valence-corrected chi connectivity index (χ1v) is 7.93. The van der Waals surface area contributed by atoms with Crippen LogP contribution in [0.2, 0.25) is 0 Å². The van der Waals surface area contributed by atoms with E-state index < -0.39 is 0 Å². The minimum atomic E-state index is -0.315. The van der Waals surface area contributed by atoms with Crippen LogP contribution < -0.4 is 10.1 Å². The minimum absolute atomic E-state index is 0.000624. The molecule has 4 rings (SSSR count). The average molecular weight is 349 g/mol. The standard InChI is InChI=1S/C19H15N3O4/c1-11-6-3-4-8-13(11)17(23)20-19-22-21-18(26-19)15-10-12-7-5-9-14(24-2)16(12)25-15/h3-10H,1-2H3,(H,20,22,23). The van der Waals surface area contributed by atoms with Crippen LogP contribution in [0.25, 0.3) is 22.6 Å². The molecule has 0 saturated carbocycles. The fourth-order valence-corrected chi connectivity index (χ4v) is 2.67. The lowest BCUT2D eigenvalue weighted by Crippen LogP contribution is -2.13. The molecule has 2 aromatic heterocycles. The van der Waals surface area contributed by atoms with E-state index in [0.717, 1.165) is 10.9 Å². The summed E-state index contributed by atoms with van der Waals surface area (Å²) in [4.78, 5) is 12.3. The molecule has 2 heterocycles. The molecule has 0 radical (unpaired) electrons. The second-order valence-corrected chi connectivity index (χ2v) is 5.67. The molecule has 0 spiro atoms. The van der Waals surface area contributed by atoms with Gasteiger partial charge in [-0.3, -0.25) is 10.1 Å². The molecule has 0 aliphatic carbocycles. The number of ether oxygens (including phenoxy) is 1. The summed E-state index contributed by atoms with van der Waals surface area (Å²) in [6.07, 6.45) is 0. The minimum Gasteiger partial charge on any atom is -0.493 e. The third kappa shape index (κ3) is 2.79. The number of furan rings is 1. The lowest BCUT2D eigenvalue weighted by atomic mass is 10.1. The number of aromatic nitrogens is 2. The molecule has 0 aliphatic heterocycles. The van der Waals surface area contributed by atoms with Crippen LogP contribution in [0.4, 0.5) is 6.01 Å². The number of aryl methyl sites for hydroxylation is 1. The number of hydrogen-bond donors (Lipinski definition) is 1. The van der Waals surface area contributed by atoms with E-state index in [-0.39, 0.29) is 17.8 Å². The Morgan fingerprint density at radius 3 is 2.73 bits per heavy atom. The Morgan fingerprint density at radius 1 is 1.08 bits per heavy atom. The highest BCUT2D eigenvalue weighted by molar-refractivity contribution is 6.04. The van der Waals surface area contributed by atoms with Crippen LogP contribution in [-0.4, -0.2) is 23.2 Å². The van der Waals surface area contributed by atoms with Gasteiger partial charge in [-0.2, -0.15) is 0 Å². The highest BCUT2D eigenvalue weighted by Crippen LogP contribution is 2.33. The number of fused-ring (bicyclic) bond motifs is 1. The van der Waals surface area contributed by atoms with Gasteiger partial charge < -0.3 is 13.6 Å². The van der Waals surface area contributed by atoms with Crippen LogP contribution >= 0.6 is 0 Å². The van der Waals surface area contributed by atoms with E-state index >= 15 is 0 Å².